The van der Waals surface area contributed by atoms with E-state index in [1.165, 1.54) is 80.9 Å². The molecule has 0 saturated heterocycles. The molecule has 3 N–H and O–H groups in total. The van der Waals surface area contributed by atoms with Crippen LogP contribution in [0.5, 0.6) is 0 Å². The summed E-state index contributed by atoms with van der Waals surface area (Å²) in [6, 6.07) is 0. The lowest BCUT2D eigenvalue weighted by atomic mass is 9.49. The van der Waals surface area contributed by atoms with Gasteiger partial charge in [-0.2, -0.15) is 0 Å². The molecule has 0 aromatic carbocycles. The SMILES string of the molecule is C=C1CCC2[C@H](Cn3ccnc3)C([C@@]3(C)CC[C@H](O)C[C@@H]3CO)CC[C@]12C.C=C1CCC2[C@H](Cn3ccnc3)C([C@@]3(C)CC[C@H](O[Si](C)(C)C(C)(C)C)C[C@@H]3CO)CC[C@]12C.C=C1CCC2[C@H](Cn3ccnc3)C([C@@]3(C)CC[C@H](O[Si](C)(C)C(C)(C)C)C[C@@H]3COC(C)=O)CC[C@]12C. The highest BCUT2D eigenvalue weighted by Gasteiger charge is 2.61. The third kappa shape index (κ3) is 15.2. The summed E-state index contributed by atoms with van der Waals surface area (Å²) in [6.07, 6.45) is 42.0. The molecule has 9 aliphatic rings. The zero-order chi connectivity index (χ0) is 71.4. The summed E-state index contributed by atoms with van der Waals surface area (Å²) in [4.78, 5) is 24.9. The maximum atomic E-state index is 12.0. The van der Waals surface area contributed by atoms with E-state index in [-0.39, 0.29) is 79.9 Å². The fraction of sp³-hybridized carbons (Fsp3) is 0.807. The van der Waals surface area contributed by atoms with E-state index in [0.29, 0.717) is 77.8 Å². The van der Waals surface area contributed by atoms with Gasteiger partial charge in [-0.15, -0.1) is 0 Å². The van der Waals surface area contributed by atoms with Gasteiger partial charge >= 0.3 is 5.97 Å². The predicted molar refractivity (Wildman–Crippen MR) is 403 cm³/mol. The minimum absolute atomic E-state index is 0.102. The molecule has 0 radical (unpaired) electrons. The zero-order valence-electron chi connectivity index (χ0n) is 64.7. The first-order valence-electron chi connectivity index (χ1n) is 39.2. The van der Waals surface area contributed by atoms with Gasteiger partial charge in [0.1, 0.15) is 0 Å². The number of aliphatic hydroxyl groups is 3. The van der Waals surface area contributed by atoms with Gasteiger partial charge in [-0.05, 0) is 269 Å². The maximum absolute atomic E-state index is 12.0. The van der Waals surface area contributed by atoms with Crippen molar-refractivity contribution in [3.05, 3.63) is 92.6 Å². The van der Waals surface area contributed by atoms with Crippen LogP contribution < -0.4 is 0 Å². The van der Waals surface area contributed by atoms with Gasteiger partial charge in [-0.25, -0.2) is 15.0 Å². The van der Waals surface area contributed by atoms with Gasteiger partial charge in [0.2, 0.25) is 0 Å². The van der Waals surface area contributed by atoms with Crippen molar-refractivity contribution in [2.75, 3.05) is 19.8 Å². The van der Waals surface area contributed by atoms with E-state index in [4.69, 9.17) is 13.6 Å². The summed E-state index contributed by atoms with van der Waals surface area (Å²) in [5.41, 5.74) is 5.52. The number of rotatable bonds is 17. The highest BCUT2D eigenvalue weighted by Crippen LogP contribution is 2.68. The van der Waals surface area contributed by atoms with Crippen molar-refractivity contribution >= 4 is 22.6 Å². The van der Waals surface area contributed by atoms with Gasteiger partial charge in [-0.3, -0.25) is 4.79 Å². The lowest BCUT2D eigenvalue weighted by molar-refractivity contribution is -0.149. The number of allylic oxidation sites excluding steroid dienone is 3. The first kappa shape index (κ1) is 77.2. The summed E-state index contributed by atoms with van der Waals surface area (Å²) in [7, 11) is -3.69. The standard InChI is InChI=1S/C31H52N2O3Si.C29H50N2O2Si.C23H36N2O2/c1-22-10-11-27-26(19-33-17-16-32-21-33)28(13-15-30(22,27)6)31(7)14-12-25(18-24(31)20-35-23(2)34)36-37(8,9)29(3,4)5;1-21-9-10-25-24(18-31-16-15-30-20-31)26(12-14-28(21,25)5)29(6)13-11-23(17-22(29)19-32)33-34(7,8)27(2,3)4;1-16-4-5-20-19(13-25-11-10-24-15-25)21(7-9-22(16,20)2)23(3)8-6-18(27)12-17(23)14-26/h16-17,21,24-28H,1,10-15,18-20H2,2-9H3;15-16,20,22-26,32H,1,9-14,17-19H2,2-8H3;10-11,15,17-21,26-27H,1,4-9,12-14H2,2-3H3/t24-,25+,26+,27?,28?,30-,31+;22-,23+,24+,25?,26?,28-,29+;17-,18+,19+,20?,21?,22-,23+/m111/s1. The number of aliphatic hydroxyl groups excluding tert-OH is 3. The summed E-state index contributed by atoms with van der Waals surface area (Å²) < 4.78 is 26.4. The van der Waals surface area contributed by atoms with E-state index in [0.717, 1.165) is 90.3 Å². The van der Waals surface area contributed by atoms with Crippen LogP contribution in [0.4, 0.5) is 0 Å². The second-order valence-corrected chi connectivity index (χ2v) is 48.0. The average Bonchev–Trinajstić information content (AvgIpc) is 1.40. The number of hydrogen-bond acceptors (Lipinski definition) is 10. The Balaban J connectivity index is 0.000000161. The van der Waals surface area contributed by atoms with Crippen molar-refractivity contribution in [3.8, 4) is 0 Å². The van der Waals surface area contributed by atoms with Gasteiger partial charge < -0.3 is 42.6 Å². The first-order chi connectivity index (χ1) is 45.9. The van der Waals surface area contributed by atoms with Crippen LogP contribution in [0.25, 0.3) is 0 Å². The number of carbonyl (C=O) groups is 1. The molecule has 0 bridgehead atoms. The van der Waals surface area contributed by atoms with Crippen molar-refractivity contribution < 1.29 is 33.7 Å². The van der Waals surface area contributed by atoms with Crippen molar-refractivity contribution in [1.82, 2.24) is 28.7 Å². The second-order valence-electron chi connectivity index (χ2n) is 38.5. The summed E-state index contributed by atoms with van der Waals surface area (Å²) in [6.45, 7) is 57.3. The minimum Gasteiger partial charge on any atom is -0.466 e. The van der Waals surface area contributed by atoms with Crippen molar-refractivity contribution in [2.24, 2.45) is 104 Å². The molecule has 550 valence electrons. The number of nitrogens with zero attached hydrogens (tertiary/aromatic N) is 6. The van der Waals surface area contributed by atoms with Crippen LogP contribution in [0.15, 0.2) is 92.6 Å². The number of carbonyl (C=O) groups excluding carboxylic acids is 1. The lowest BCUT2D eigenvalue weighted by Gasteiger charge is -2.57. The number of aromatic nitrogens is 6. The highest BCUT2D eigenvalue weighted by molar-refractivity contribution is 6.74. The summed E-state index contributed by atoms with van der Waals surface area (Å²) >= 11 is 0. The van der Waals surface area contributed by atoms with E-state index in [9.17, 15) is 20.1 Å². The predicted octanol–water partition coefficient (Wildman–Crippen LogP) is 18.8. The molecule has 13 nitrogen and oxygen atoms in total. The van der Waals surface area contributed by atoms with Crippen LogP contribution in [-0.4, -0.2) is 105 Å². The Morgan fingerprint density at radius 2 is 0.827 bits per heavy atom. The maximum Gasteiger partial charge on any atom is 0.302 e. The second kappa shape index (κ2) is 29.6. The minimum atomic E-state index is -1.87. The molecule has 21 atom stereocenters. The van der Waals surface area contributed by atoms with Crippen LogP contribution in [-0.2, 0) is 38.0 Å². The lowest BCUT2D eigenvalue weighted by Crippen LogP contribution is -2.53. The summed E-state index contributed by atoms with van der Waals surface area (Å²) in [5.74, 6) is 6.14. The monoisotopic (exact) mass is 1390 g/mol. The smallest absolute Gasteiger partial charge is 0.302 e. The fourth-order valence-corrected chi connectivity index (χ4v) is 25.6. The fourth-order valence-electron chi connectivity index (χ4n) is 22.8. The molecule has 98 heavy (non-hydrogen) atoms. The molecule has 3 aromatic heterocycles. The Morgan fingerprint density at radius 3 is 1.14 bits per heavy atom. The molecule has 9 aliphatic carbocycles. The molecule has 3 heterocycles. The van der Waals surface area contributed by atoms with Crippen molar-refractivity contribution in [1.29, 1.82) is 0 Å². The van der Waals surface area contributed by atoms with E-state index in [2.05, 4.69) is 176 Å². The first-order valence-corrected chi connectivity index (χ1v) is 45.0. The van der Waals surface area contributed by atoms with Crippen LogP contribution in [0.2, 0.25) is 36.3 Å². The number of esters is 1. The quantitative estimate of drug-likeness (QED) is 0.0675. The van der Waals surface area contributed by atoms with Crippen LogP contribution in [0.3, 0.4) is 0 Å². The van der Waals surface area contributed by atoms with Gasteiger partial charge in [0.25, 0.3) is 0 Å². The molecule has 12 rings (SSSR count). The van der Waals surface area contributed by atoms with E-state index in [1.54, 1.807) is 6.92 Å². The molecule has 0 amide bonds. The Bertz CT molecular complexity index is 3150. The molecule has 6 unspecified atom stereocenters. The van der Waals surface area contributed by atoms with Gasteiger partial charge in [0, 0.05) is 95.1 Å². The number of imidazole rings is 3. The molecular formula is C83H138N6O7Si2. The van der Waals surface area contributed by atoms with Gasteiger partial charge in [-0.1, -0.05) is 120 Å². The Labute approximate surface area is 596 Å². The third-order valence-corrected chi connectivity index (χ3v) is 40.7. The zero-order valence-corrected chi connectivity index (χ0v) is 66.7. The number of hydrogen-bond donors (Lipinski definition) is 3. The Morgan fingerprint density at radius 1 is 0.500 bits per heavy atom. The highest BCUT2D eigenvalue weighted by atomic mass is 28.4. The largest absolute Gasteiger partial charge is 0.466 e. The third-order valence-electron chi connectivity index (χ3n) is 31.6. The summed E-state index contributed by atoms with van der Waals surface area (Å²) in [5, 5.41) is 31.5. The van der Waals surface area contributed by atoms with E-state index < -0.39 is 16.6 Å². The molecule has 0 aliphatic heterocycles. The van der Waals surface area contributed by atoms with Gasteiger partial charge in [0.15, 0.2) is 16.6 Å². The molecule has 3 aromatic rings. The Kier molecular flexibility index (Phi) is 23.3. The van der Waals surface area contributed by atoms with Crippen LogP contribution in [0.1, 0.15) is 225 Å². The van der Waals surface area contributed by atoms with E-state index >= 15 is 0 Å². The molecule has 0 spiro atoms. The topological polar surface area (TPSA) is 159 Å². The molecule has 9 fully saturated rings. The van der Waals surface area contributed by atoms with Crippen LogP contribution >= 0.6 is 0 Å². The molecule has 9 saturated carbocycles. The van der Waals surface area contributed by atoms with E-state index in [1.807, 2.05) is 37.6 Å². The van der Waals surface area contributed by atoms with Crippen LogP contribution in [0, 0.1) is 104 Å². The van der Waals surface area contributed by atoms with Crippen molar-refractivity contribution in [2.45, 2.75) is 299 Å². The number of ether oxygens (including phenoxy) is 1. The van der Waals surface area contributed by atoms with Crippen molar-refractivity contribution in [3.63, 3.8) is 0 Å². The molecular weight excluding hydrogens is 1250 g/mol. The number of fused-ring (bicyclic) bond motifs is 3. The molecule has 15 heteroatoms. The normalized spacial score (nSPS) is 40.0. The Hall–Kier alpha value is -3.45. The average molecular weight is 1390 g/mol. The van der Waals surface area contributed by atoms with Gasteiger partial charge in [0.05, 0.1) is 31.7 Å².